The average molecular weight is 495 g/mol. The van der Waals surface area contributed by atoms with Crippen molar-refractivity contribution < 1.29 is 17.6 Å². The summed E-state index contributed by atoms with van der Waals surface area (Å²) in [4.78, 5) is 21.7. The lowest BCUT2D eigenvalue weighted by Gasteiger charge is -2.38. The van der Waals surface area contributed by atoms with E-state index < -0.39 is 10.0 Å². The van der Waals surface area contributed by atoms with Crippen LogP contribution in [0.25, 0.3) is 10.2 Å². The number of rotatable bonds is 4. The number of piperidine rings is 1. The van der Waals surface area contributed by atoms with Gasteiger partial charge in [0.2, 0.25) is 5.91 Å². The number of carbonyl (C=O) groups excluding carboxylic acids is 1. The van der Waals surface area contributed by atoms with E-state index in [1.165, 1.54) is 39.1 Å². The number of aromatic nitrogens is 1. The smallest absolute Gasteiger partial charge is 0.252 e. The second-order valence-electron chi connectivity index (χ2n) is 8.06. The highest BCUT2D eigenvalue weighted by Gasteiger charge is 2.36. The Bertz CT molecular complexity index is 1220. The van der Waals surface area contributed by atoms with Crippen molar-refractivity contribution >= 4 is 54.0 Å². The van der Waals surface area contributed by atoms with Crippen LogP contribution in [0.5, 0.6) is 0 Å². The molecule has 1 aromatic carbocycles. The molecule has 0 bridgehead atoms. The molecule has 0 aliphatic carbocycles. The number of carbonyl (C=O) groups is 1. The first-order valence-electron chi connectivity index (χ1n) is 10.6. The van der Waals surface area contributed by atoms with E-state index in [0.717, 1.165) is 15.3 Å². The Morgan fingerprint density at radius 1 is 1.12 bits per heavy atom. The third kappa shape index (κ3) is 4.14. The number of benzene rings is 1. The van der Waals surface area contributed by atoms with E-state index in [-0.39, 0.29) is 24.2 Å². The van der Waals surface area contributed by atoms with Gasteiger partial charge in [0.05, 0.1) is 16.1 Å². The van der Waals surface area contributed by atoms with E-state index in [1.54, 1.807) is 23.6 Å². The van der Waals surface area contributed by atoms with Crippen molar-refractivity contribution in [1.82, 2.24) is 14.2 Å². The molecule has 2 saturated heterocycles. The average Bonchev–Trinajstić information content (AvgIpc) is 3.49. The van der Waals surface area contributed by atoms with Crippen molar-refractivity contribution in [2.24, 2.45) is 5.92 Å². The van der Waals surface area contributed by atoms with Crippen molar-refractivity contribution in [3.63, 3.8) is 0 Å². The molecule has 1 atom stereocenters. The molecule has 32 heavy (non-hydrogen) atoms. The monoisotopic (exact) mass is 494 g/mol. The number of nitrogens with zero attached hydrogens (tertiary/aromatic N) is 4. The van der Waals surface area contributed by atoms with E-state index in [0.29, 0.717) is 49.8 Å². The van der Waals surface area contributed by atoms with Gasteiger partial charge >= 0.3 is 0 Å². The van der Waals surface area contributed by atoms with Gasteiger partial charge in [0.1, 0.15) is 10.0 Å². The zero-order valence-electron chi connectivity index (χ0n) is 17.3. The maximum absolute atomic E-state index is 13.5. The third-order valence-corrected chi connectivity index (χ3v) is 10.3. The Hall–Kier alpha value is -2.08. The minimum atomic E-state index is -3.54. The molecule has 0 spiro atoms. The lowest BCUT2D eigenvalue weighted by Crippen LogP contribution is -2.53. The molecule has 11 heteroatoms. The summed E-state index contributed by atoms with van der Waals surface area (Å²) < 4.78 is 41.8. The normalized spacial score (nSPS) is 20.7. The predicted molar refractivity (Wildman–Crippen MR) is 124 cm³/mol. The van der Waals surface area contributed by atoms with Crippen molar-refractivity contribution in [1.29, 1.82) is 0 Å². The molecule has 2 aliphatic rings. The van der Waals surface area contributed by atoms with Gasteiger partial charge in [-0.1, -0.05) is 17.4 Å². The number of anilines is 1. The maximum Gasteiger partial charge on any atom is 0.252 e. The number of halogens is 1. The first-order valence-corrected chi connectivity index (χ1v) is 13.7. The number of thiazole rings is 1. The van der Waals surface area contributed by atoms with Crippen LogP contribution in [0.3, 0.4) is 0 Å². The van der Waals surface area contributed by atoms with Crippen LogP contribution in [0.4, 0.5) is 9.52 Å². The molecule has 0 N–H and O–H groups in total. The van der Waals surface area contributed by atoms with Crippen LogP contribution < -0.4 is 4.90 Å². The summed E-state index contributed by atoms with van der Waals surface area (Å²) >= 11 is 2.66. The quantitative estimate of drug-likeness (QED) is 0.557. The fraction of sp³-hybridized carbons (Fsp3) is 0.429. The van der Waals surface area contributed by atoms with Crippen LogP contribution in [-0.4, -0.2) is 67.8 Å². The fourth-order valence-electron chi connectivity index (χ4n) is 4.30. The minimum absolute atomic E-state index is 0.0297. The first-order chi connectivity index (χ1) is 15.4. The molecule has 3 aromatic rings. The molecule has 7 nitrogen and oxygen atoms in total. The van der Waals surface area contributed by atoms with Crippen molar-refractivity contribution in [2.45, 2.75) is 17.1 Å². The topological polar surface area (TPSA) is 73.8 Å². The van der Waals surface area contributed by atoms with Crippen molar-refractivity contribution in [3.05, 3.63) is 41.5 Å². The van der Waals surface area contributed by atoms with Crippen molar-refractivity contribution in [2.75, 3.05) is 44.2 Å². The predicted octanol–water partition coefficient (Wildman–Crippen LogP) is 3.25. The lowest BCUT2D eigenvalue weighted by molar-refractivity contribution is -0.137. The summed E-state index contributed by atoms with van der Waals surface area (Å²) in [5.74, 6) is -0.553. The molecular weight excluding hydrogens is 471 g/mol. The Labute approximate surface area is 194 Å². The summed E-state index contributed by atoms with van der Waals surface area (Å²) in [5.41, 5.74) is 0.777. The summed E-state index contributed by atoms with van der Waals surface area (Å²) in [6.07, 6.45) is 1.39. The summed E-state index contributed by atoms with van der Waals surface area (Å²) in [7, 11) is -3.54. The number of thiophene rings is 1. The van der Waals surface area contributed by atoms with E-state index in [2.05, 4.69) is 9.88 Å². The zero-order chi connectivity index (χ0) is 22.3. The molecule has 2 aromatic heterocycles. The SMILES string of the molecule is O=C(C1CCCN(S(=O)(=O)c2cccs2)C1)N1CCN(c2nc3ccc(F)cc3s2)CC1. The van der Waals surface area contributed by atoms with Gasteiger partial charge < -0.3 is 9.80 Å². The number of fused-ring (bicyclic) bond motifs is 1. The highest BCUT2D eigenvalue weighted by atomic mass is 32.2. The van der Waals surface area contributed by atoms with Gasteiger partial charge in [0.25, 0.3) is 10.0 Å². The van der Waals surface area contributed by atoms with Crippen LogP contribution in [0.2, 0.25) is 0 Å². The van der Waals surface area contributed by atoms with Gasteiger partial charge in [-0.3, -0.25) is 4.79 Å². The number of hydrogen-bond acceptors (Lipinski definition) is 7. The van der Waals surface area contributed by atoms with Gasteiger partial charge in [0, 0.05) is 39.3 Å². The van der Waals surface area contributed by atoms with Crippen LogP contribution in [-0.2, 0) is 14.8 Å². The summed E-state index contributed by atoms with van der Waals surface area (Å²) in [6, 6.07) is 7.93. The maximum atomic E-state index is 13.5. The molecule has 1 unspecified atom stereocenters. The Kier molecular flexibility index (Phi) is 5.91. The zero-order valence-corrected chi connectivity index (χ0v) is 19.8. The number of sulfonamides is 1. The molecule has 0 saturated carbocycles. The van der Waals surface area contributed by atoms with Gasteiger partial charge in [-0.25, -0.2) is 17.8 Å². The molecule has 5 rings (SSSR count). The van der Waals surface area contributed by atoms with Gasteiger partial charge in [-0.15, -0.1) is 11.3 Å². The van der Waals surface area contributed by atoms with Gasteiger partial charge in [0.15, 0.2) is 5.13 Å². The lowest BCUT2D eigenvalue weighted by atomic mass is 9.98. The van der Waals surface area contributed by atoms with Gasteiger partial charge in [-0.2, -0.15) is 4.31 Å². The molecule has 2 aliphatic heterocycles. The third-order valence-electron chi connectivity index (χ3n) is 6.02. The Morgan fingerprint density at radius 3 is 2.69 bits per heavy atom. The second-order valence-corrected chi connectivity index (χ2v) is 12.2. The van der Waals surface area contributed by atoms with E-state index >= 15 is 0 Å². The van der Waals surface area contributed by atoms with Gasteiger partial charge in [-0.05, 0) is 42.5 Å². The molecule has 2 fully saturated rings. The summed E-state index contributed by atoms with van der Waals surface area (Å²) in [6.45, 7) is 3.13. The van der Waals surface area contributed by atoms with Crippen molar-refractivity contribution in [3.8, 4) is 0 Å². The molecule has 4 heterocycles. The fourth-order valence-corrected chi connectivity index (χ4v) is 8.01. The number of hydrogen-bond donors (Lipinski definition) is 0. The molecule has 0 radical (unpaired) electrons. The van der Waals surface area contributed by atoms with Crippen LogP contribution >= 0.6 is 22.7 Å². The Morgan fingerprint density at radius 2 is 1.94 bits per heavy atom. The van der Waals surface area contributed by atoms with Crippen LogP contribution in [0, 0.1) is 11.7 Å². The minimum Gasteiger partial charge on any atom is -0.345 e. The number of piperazine rings is 1. The van der Waals surface area contributed by atoms with Crippen LogP contribution in [0.15, 0.2) is 39.9 Å². The van der Waals surface area contributed by atoms with Crippen LogP contribution in [0.1, 0.15) is 12.8 Å². The standard InChI is InChI=1S/C21H23FN4O3S3/c22-16-5-6-17-18(13-16)31-21(23-17)25-10-8-24(9-11-25)20(27)15-3-1-7-26(14-15)32(28,29)19-4-2-12-30-19/h2,4-6,12-13,15H,1,3,7-11,14H2. The largest absolute Gasteiger partial charge is 0.345 e. The highest BCUT2D eigenvalue weighted by Crippen LogP contribution is 2.31. The molecule has 1 amide bonds. The second kappa shape index (κ2) is 8.69. The number of amides is 1. The first kappa shape index (κ1) is 21.7. The van der Waals surface area contributed by atoms with E-state index in [1.807, 2.05) is 4.90 Å². The molecule has 170 valence electrons. The highest BCUT2D eigenvalue weighted by molar-refractivity contribution is 7.91. The van der Waals surface area contributed by atoms with E-state index in [9.17, 15) is 17.6 Å². The molecular formula is C21H23FN4O3S3. The summed E-state index contributed by atoms with van der Waals surface area (Å²) in [5, 5.41) is 2.59. The van der Waals surface area contributed by atoms with E-state index in [4.69, 9.17) is 0 Å². The Balaban J connectivity index is 1.22.